The minimum atomic E-state index is 0.663. The van der Waals surface area contributed by atoms with Crippen molar-refractivity contribution in [1.29, 1.82) is 0 Å². The summed E-state index contributed by atoms with van der Waals surface area (Å²) < 4.78 is 0. The highest BCUT2D eigenvalue weighted by Crippen LogP contribution is 2.36. The molecule has 0 aromatic rings. The largest absolute Gasteiger partial charge is 0.309 e. The van der Waals surface area contributed by atoms with E-state index in [1.54, 1.807) is 0 Å². The van der Waals surface area contributed by atoms with Crippen molar-refractivity contribution < 1.29 is 0 Å². The Labute approximate surface area is 163 Å². The number of rotatable bonds is 4. The molecule has 0 bridgehead atoms. The molecule has 152 valence electrons. The highest BCUT2D eigenvalue weighted by Gasteiger charge is 2.39. The first kappa shape index (κ1) is 20.6. The Morgan fingerprint density at radius 3 is 1.08 bits per heavy atom. The van der Waals surface area contributed by atoms with Crippen molar-refractivity contribution in [2.24, 2.45) is 35.5 Å². The fraction of sp³-hybridized carbons (Fsp3) is 1.00. The predicted molar refractivity (Wildman–Crippen MR) is 113 cm³/mol. The highest BCUT2D eigenvalue weighted by molar-refractivity contribution is 4.98. The summed E-state index contributed by atoms with van der Waals surface area (Å²) >= 11 is 0. The molecule has 3 aliphatic carbocycles. The van der Waals surface area contributed by atoms with E-state index in [9.17, 15) is 0 Å². The highest BCUT2D eigenvalue weighted by atomic mass is 15.1. The van der Waals surface area contributed by atoms with Gasteiger partial charge in [0.05, 0.1) is 0 Å². The molecular formula is C24H46N2. The summed E-state index contributed by atoms with van der Waals surface area (Å²) in [6.07, 6.45) is 11.2. The lowest BCUT2D eigenvalue weighted by atomic mass is 9.72. The monoisotopic (exact) mass is 362 g/mol. The van der Waals surface area contributed by atoms with Crippen LogP contribution in [-0.2, 0) is 0 Å². The molecular weight excluding hydrogens is 316 g/mol. The summed E-state index contributed by atoms with van der Waals surface area (Å²) in [5.74, 6) is 5.04. The number of hydrogen-bond donors (Lipinski definition) is 2. The smallest absolute Gasteiger partial charge is 0.0226 e. The molecule has 3 aliphatic rings. The van der Waals surface area contributed by atoms with Gasteiger partial charge in [-0.15, -0.1) is 0 Å². The maximum absolute atomic E-state index is 4.22. The van der Waals surface area contributed by atoms with E-state index in [-0.39, 0.29) is 0 Å². The first-order valence-corrected chi connectivity index (χ1v) is 11.9. The van der Waals surface area contributed by atoms with Gasteiger partial charge in [0.15, 0.2) is 0 Å². The predicted octanol–water partition coefficient (Wildman–Crippen LogP) is 5.62. The quantitative estimate of drug-likeness (QED) is 0.678. The Bertz CT molecular complexity index is 376. The standard InChI is InChI=1S/C24H46N2/c1-15-9-7-10-16(2)23(15)25-21-13-19(5)20(6)14-22(21)26-24-17(3)11-8-12-18(24)4/h15-26H,7-14H2,1-6H3. The molecule has 3 saturated carbocycles. The molecule has 2 N–H and O–H groups in total. The van der Waals surface area contributed by atoms with Gasteiger partial charge in [-0.25, -0.2) is 0 Å². The summed E-state index contributed by atoms with van der Waals surface area (Å²) in [5.41, 5.74) is 0. The van der Waals surface area contributed by atoms with Crippen molar-refractivity contribution >= 4 is 0 Å². The molecule has 0 aromatic heterocycles. The van der Waals surface area contributed by atoms with E-state index in [0.29, 0.717) is 12.1 Å². The zero-order valence-corrected chi connectivity index (χ0v) is 18.4. The van der Waals surface area contributed by atoms with Crippen molar-refractivity contribution in [3.8, 4) is 0 Å². The summed E-state index contributed by atoms with van der Waals surface area (Å²) in [4.78, 5) is 0. The van der Waals surface area contributed by atoms with Crippen LogP contribution < -0.4 is 10.6 Å². The van der Waals surface area contributed by atoms with Gasteiger partial charge in [-0.3, -0.25) is 0 Å². The molecule has 3 fully saturated rings. The maximum atomic E-state index is 4.22. The van der Waals surface area contributed by atoms with E-state index in [1.165, 1.54) is 51.4 Å². The zero-order valence-electron chi connectivity index (χ0n) is 18.4. The van der Waals surface area contributed by atoms with Gasteiger partial charge < -0.3 is 10.6 Å². The second-order valence-electron chi connectivity index (χ2n) is 10.8. The van der Waals surface area contributed by atoms with Crippen molar-refractivity contribution in [3.05, 3.63) is 0 Å². The van der Waals surface area contributed by atoms with E-state index >= 15 is 0 Å². The molecule has 0 amide bonds. The second kappa shape index (κ2) is 8.95. The Balaban J connectivity index is 1.70. The molecule has 8 atom stereocenters. The van der Waals surface area contributed by atoms with Gasteiger partial charge in [0, 0.05) is 24.2 Å². The molecule has 0 spiro atoms. The van der Waals surface area contributed by atoms with Gasteiger partial charge in [-0.2, -0.15) is 0 Å². The van der Waals surface area contributed by atoms with Crippen LogP contribution in [0.3, 0.4) is 0 Å². The lowest BCUT2D eigenvalue weighted by Crippen LogP contribution is -2.61. The normalized spacial score (nSPS) is 50.5. The first-order valence-electron chi connectivity index (χ1n) is 11.9. The SMILES string of the molecule is CC1CC(NC2C(C)CCCC2C)C(NC2C(C)CCCC2C)CC1C. The lowest BCUT2D eigenvalue weighted by molar-refractivity contribution is 0.0994. The summed E-state index contributed by atoms with van der Waals surface area (Å²) in [5, 5.41) is 8.43. The zero-order chi connectivity index (χ0) is 18.8. The molecule has 0 heterocycles. The van der Waals surface area contributed by atoms with Gasteiger partial charge in [0.1, 0.15) is 0 Å². The van der Waals surface area contributed by atoms with Crippen molar-refractivity contribution in [2.75, 3.05) is 0 Å². The minimum absolute atomic E-state index is 0.663. The molecule has 0 saturated heterocycles. The van der Waals surface area contributed by atoms with E-state index in [2.05, 4.69) is 52.2 Å². The van der Waals surface area contributed by atoms with E-state index in [1.807, 2.05) is 0 Å². The van der Waals surface area contributed by atoms with Crippen molar-refractivity contribution in [1.82, 2.24) is 10.6 Å². The van der Waals surface area contributed by atoms with Crippen LogP contribution in [0.25, 0.3) is 0 Å². The maximum Gasteiger partial charge on any atom is 0.0226 e. The van der Waals surface area contributed by atoms with E-state index < -0.39 is 0 Å². The van der Waals surface area contributed by atoms with Gasteiger partial charge in [0.25, 0.3) is 0 Å². The molecule has 2 nitrogen and oxygen atoms in total. The first-order chi connectivity index (χ1) is 12.4. The summed E-state index contributed by atoms with van der Waals surface area (Å²) in [6.45, 7) is 14.9. The minimum Gasteiger partial charge on any atom is -0.309 e. The van der Waals surface area contributed by atoms with Crippen LogP contribution in [0.2, 0.25) is 0 Å². The van der Waals surface area contributed by atoms with E-state index in [0.717, 1.165) is 47.6 Å². The van der Waals surface area contributed by atoms with Gasteiger partial charge in [-0.1, -0.05) is 54.4 Å². The van der Waals surface area contributed by atoms with Crippen LogP contribution in [-0.4, -0.2) is 24.2 Å². The van der Waals surface area contributed by atoms with Crippen LogP contribution in [0.1, 0.15) is 92.9 Å². The van der Waals surface area contributed by atoms with Gasteiger partial charge >= 0.3 is 0 Å². The van der Waals surface area contributed by atoms with Crippen LogP contribution in [0.15, 0.2) is 0 Å². The second-order valence-corrected chi connectivity index (χ2v) is 10.8. The molecule has 3 rings (SSSR count). The van der Waals surface area contributed by atoms with Crippen molar-refractivity contribution in [3.63, 3.8) is 0 Å². The third kappa shape index (κ3) is 4.66. The molecule has 2 heteroatoms. The van der Waals surface area contributed by atoms with Gasteiger partial charge in [0.2, 0.25) is 0 Å². The fourth-order valence-electron chi connectivity index (χ4n) is 6.48. The molecule has 8 unspecified atom stereocenters. The van der Waals surface area contributed by atoms with Crippen LogP contribution in [0.4, 0.5) is 0 Å². The van der Waals surface area contributed by atoms with E-state index in [4.69, 9.17) is 0 Å². The molecule has 0 radical (unpaired) electrons. The average Bonchev–Trinajstić information content (AvgIpc) is 2.58. The summed E-state index contributed by atoms with van der Waals surface area (Å²) in [7, 11) is 0. The Morgan fingerprint density at radius 2 is 0.769 bits per heavy atom. The Morgan fingerprint density at radius 1 is 0.462 bits per heavy atom. The molecule has 26 heavy (non-hydrogen) atoms. The Hall–Kier alpha value is -0.0800. The number of hydrogen-bond acceptors (Lipinski definition) is 2. The molecule has 0 aliphatic heterocycles. The van der Waals surface area contributed by atoms with Crippen LogP contribution in [0, 0.1) is 35.5 Å². The van der Waals surface area contributed by atoms with Crippen LogP contribution in [0.5, 0.6) is 0 Å². The third-order valence-corrected chi connectivity index (χ3v) is 8.61. The molecule has 0 aromatic carbocycles. The summed E-state index contributed by atoms with van der Waals surface area (Å²) in [6, 6.07) is 2.77. The number of nitrogens with one attached hydrogen (secondary N) is 2. The third-order valence-electron chi connectivity index (χ3n) is 8.61. The van der Waals surface area contributed by atoms with Gasteiger partial charge in [-0.05, 0) is 74.0 Å². The average molecular weight is 363 g/mol. The topological polar surface area (TPSA) is 24.1 Å². The Kier molecular flexibility index (Phi) is 7.11. The van der Waals surface area contributed by atoms with Crippen molar-refractivity contribution in [2.45, 2.75) is 117 Å². The van der Waals surface area contributed by atoms with Crippen LogP contribution >= 0.6 is 0 Å². The lowest BCUT2D eigenvalue weighted by Gasteiger charge is -2.47. The fourth-order valence-corrected chi connectivity index (χ4v) is 6.48.